The van der Waals surface area contributed by atoms with Gasteiger partial charge in [-0.1, -0.05) is 0 Å². The molecule has 92 valence electrons. The zero-order chi connectivity index (χ0) is 12.5. The van der Waals surface area contributed by atoms with Crippen LogP contribution in [0.2, 0.25) is 0 Å². The molecule has 4 heteroatoms. The van der Waals surface area contributed by atoms with Crippen molar-refractivity contribution in [1.82, 2.24) is 4.98 Å². The molecule has 18 heavy (non-hydrogen) atoms. The van der Waals surface area contributed by atoms with Crippen LogP contribution in [0.15, 0.2) is 30.5 Å². The summed E-state index contributed by atoms with van der Waals surface area (Å²) in [4.78, 5) is 17.6. The Balaban J connectivity index is 2.07. The van der Waals surface area contributed by atoms with E-state index in [1.165, 1.54) is 6.07 Å². The number of ketones is 1. The van der Waals surface area contributed by atoms with Gasteiger partial charge >= 0.3 is 0 Å². The fraction of sp³-hybridized carbons (Fsp3) is 0.286. The number of hydrogen-bond acceptors (Lipinski definition) is 3. The van der Waals surface area contributed by atoms with Gasteiger partial charge in [-0.15, -0.1) is 0 Å². The molecule has 1 saturated heterocycles. The van der Waals surface area contributed by atoms with E-state index >= 15 is 0 Å². The Labute approximate surface area is 104 Å². The van der Waals surface area contributed by atoms with Crippen LogP contribution in [0.5, 0.6) is 0 Å². The molecule has 0 aliphatic carbocycles. The number of Topliss-reactive ketones (excluding diaryl/α,β-unsaturated/α-hetero) is 1. The van der Waals surface area contributed by atoms with Crippen LogP contribution in [0.1, 0.15) is 12.8 Å². The van der Waals surface area contributed by atoms with Gasteiger partial charge in [-0.3, -0.25) is 9.78 Å². The first kappa shape index (κ1) is 11.1. The number of hydrogen-bond donors (Lipinski definition) is 0. The summed E-state index contributed by atoms with van der Waals surface area (Å²) in [7, 11) is 0. The van der Waals surface area contributed by atoms with Gasteiger partial charge in [0.2, 0.25) is 0 Å². The lowest BCUT2D eigenvalue weighted by atomic mass is 10.1. The minimum absolute atomic E-state index is 0.255. The van der Waals surface area contributed by atoms with E-state index in [1.807, 2.05) is 0 Å². The number of aromatic nitrogens is 1. The van der Waals surface area contributed by atoms with E-state index < -0.39 is 0 Å². The van der Waals surface area contributed by atoms with Crippen molar-refractivity contribution >= 4 is 22.4 Å². The third kappa shape index (κ3) is 1.83. The van der Waals surface area contributed by atoms with Crippen LogP contribution in [0.25, 0.3) is 10.9 Å². The van der Waals surface area contributed by atoms with Crippen molar-refractivity contribution in [2.24, 2.45) is 0 Å². The Morgan fingerprint density at radius 1 is 1.17 bits per heavy atom. The number of halogens is 1. The van der Waals surface area contributed by atoms with Crippen molar-refractivity contribution in [2.75, 3.05) is 18.0 Å². The molecule has 0 amide bonds. The van der Waals surface area contributed by atoms with E-state index in [-0.39, 0.29) is 5.82 Å². The van der Waals surface area contributed by atoms with Crippen LogP contribution < -0.4 is 4.90 Å². The molecule has 1 aromatic heterocycles. The Kier molecular flexibility index (Phi) is 2.70. The normalized spacial score (nSPS) is 16.3. The van der Waals surface area contributed by atoms with Crippen molar-refractivity contribution in [1.29, 1.82) is 0 Å². The predicted molar refractivity (Wildman–Crippen MR) is 68.2 cm³/mol. The molecule has 0 atom stereocenters. The molecule has 1 fully saturated rings. The van der Waals surface area contributed by atoms with Crippen LogP contribution in [0.3, 0.4) is 0 Å². The van der Waals surface area contributed by atoms with E-state index in [1.54, 1.807) is 24.4 Å². The minimum Gasteiger partial charge on any atom is -0.369 e. The zero-order valence-corrected chi connectivity index (χ0v) is 9.90. The van der Waals surface area contributed by atoms with Gasteiger partial charge in [-0.25, -0.2) is 4.39 Å². The molecule has 3 rings (SSSR count). The average Bonchev–Trinajstić information content (AvgIpc) is 2.41. The second-order valence-corrected chi connectivity index (χ2v) is 4.49. The van der Waals surface area contributed by atoms with Crippen molar-refractivity contribution < 1.29 is 9.18 Å². The molecule has 0 N–H and O–H groups in total. The Morgan fingerprint density at radius 3 is 2.72 bits per heavy atom. The van der Waals surface area contributed by atoms with Crippen LogP contribution in [-0.4, -0.2) is 23.9 Å². The maximum absolute atomic E-state index is 13.7. The number of benzene rings is 1. The van der Waals surface area contributed by atoms with Crippen molar-refractivity contribution in [3.63, 3.8) is 0 Å². The number of fused-ring (bicyclic) bond motifs is 1. The van der Waals surface area contributed by atoms with E-state index in [0.29, 0.717) is 42.6 Å². The molecule has 2 aromatic rings. The number of anilines is 1. The maximum Gasteiger partial charge on any atom is 0.136 e. The summed E-state index contributed by atoms with van der Waals surface area (Å²) in [6, 6.07) is 6.68. The first-order chi connectivity index (χ1) is 8.75. The van der Waals surface area contributed by atoms with E-state index in [4.69, 9.17) is 0 Å². The van der Waals surface area contributed by atoms with Crippen LogP contribution in [0, 0.1) is 5.82 Å². The van der Waals surface area contributed by atoms with Gasteiger partial charge in [0.05, 0.1) is 11.2 Å². The Hall–Kier alpha value is -1.97. The standard InChI is InChI=1S/C14H13FN2O/c15-12-3-4-13(14-11(12)2-1-7-16-14)17-8-5-10(18)6-9-17/h1-4,7H,5-6,8-9H2. The van der Waals surface area contributed by atoms with Crippen molar-refractivity contribution in [2.45, 2.75) is 12.8 Å². The SMILES string of the molecule is O=C1CCN(c2ccc(F)c3cccnc23)CC1. The largest absolute Gasteiger partial charge is 0.369 e. The minimum atomic E-state index is -0.255. The van der Waals surface area contributed by atoms with Crippen molar-refractivity contribution in [3.8, 4) is 0 Å². The van der Waals surface area contributed by atoms with Crippen molar-refractivity contribution in [3.05, 3.63) is 36.3 Å². The highest BCUT2D eigenvalue weighted by atomic mass is 19.1. The Bertz CT molecular complexity index is 602. The second kappa shape index (κ2) is 4.37. The zero-order valence-electron chi connectivity index (χ0n) is 9.90. The van der Waals surface area contributed by atoms with Gasteiger partial charge in [-0.05, 0) is 24.3 Å². The number of piperidine rings is 1. The van der Waals surface area contributed by atoms with Crippen LogP contribution in [-0.2, 0) is 4.79 Å². The first-order valence-corrected chi connectivity index (χ1v) is 6.05. The van der Waals surface area contributed by atoms with E-state index in [9.17, 15) is 9.18 Å². The average molecular weight is 244 g/mol. The van der Waals surface area contributed by atoms with Gasteiger partial charge in [0.1, 0.15) is 11.6 Å². The summed E-state index contributed by atoms with van der Waals surface area (Å²) in [5, 5.41) is 0.534. The van der Waals surface area contributed by atoms with Gasteiger partial charge in [0, 0.05) is 37.5 Å². The highest BCUT2D eigenvalue weighted by Gasteiger charge is 2.19. The summed E-state index contributed by atoms with van der Waals surface area (Å²) in [6.45, 7) is 1.38. The predicted octanol–water partition coefficient (Wildman–Crippen LogP) is 2.54. The molecule has 3 nitrogen and oxygen atoms in total. The fourth-order valence-corrected chi connectivity index (χ4v) is 2.38. The molecule has 2 heterocycles. The monoisotopic (exact) mass is 244 g/mol. The quantitative estimate of drug-likeness (QED) is 0.773. The fourth-order valence-electron chi connectivity index (χ4n) is 2.38. The smallest absolute Gasteiger partial charge is 0.136 e. The highest BCUT2D eigenvalue weighted by Crippen LogP contribution is 2.28. The summed E-state index contributed by atoms with van der Waals surface area (Å²) >= 11 is 0. The van der Waals surface area contributed by atoms with Gasteiger partial charge < -0.3 is 4.90 Å². The summed E-state index contributed by atoms with van der Waals surface area (Å²) in [5.74, 6) is 0.0422. The van der Waals surface area contributed by atoms with Gasteiger partial charge in [-0.2, -0.15) is 0 Å². The molecule has 0 radical (unpaired) electrons. The van der Waals surface area contributed by atoms with Gasteiger partial charge in [0.25, 0.3) is 0 Å². The number of nitrogens with zero attached hydrogens (tertiary/aromatic N) is 2. The number of carbonyl (C=O) groups excluding carboxylic acids is 1. The maximum atomic E-state index is 13.7. The molecule has 0 spiro atoms. The molecule has 1 aliphatic heterocycles. The molecular weight excluding hydrogens is 231 g/mol. The number of pyridine rings is 1. The van der Waals surface area contributed by atoms with E-state index in [0.717, 1.165) is 5.69 Å². The second-order valence-electron chi connectivity index (χ2n) is 4.49. The molecule has 0 saturated carbocycles. The topological polar surface area (TPSA) is 33.2 Å². The number of carbonyl (C=O) groups is 1. The van der Waals surface area contributed by atoms with Crippen LogP contribution >= 0.6 is 0 Å². The van der Waals surface area contributed by atoms with Crippen LogP contribution in [0.4, 0.5) is 10.1 Å². The summed E-state index contributed by atoms with van der Waals surface area (Å²) in [6.07, 6.45) is 2.79. The molecule has 1 aliphatic rings. The lowest BCUT2D eigenvalue weighted by Gasteiger charge is -2.28. The molecule has 0 unspecified atom stereocenters. The lowest BCUT2D eigenvalue weighted by molar-refractivity contribution is -0.119. The third-order valence-electron chi connectivity index (χ3n) is 3.36. The first-order valence-electron chi connectivity index (χ1n) is 6.05. The Morgan fingerprint density at radius 2 is 1.94 bits per heavy atom. The molecule has 1 aromatic carbocycles. The number of rotatable bonds is 1. The molecular formula is C14H13FN2O. The van der Waals surface area contributed by atoms with E-state index in [2.05, 4.69) is 9.88 Å². The summed E-state index contributed by atoms with van der Waals surface area (Å²) < 4.78 is 13.7. The highest BCUT2D eigenvalue weighted by molar-refractivity contribution is 5.92. The summed E-state index contributed by atoms with van der Waals surface area (Å²) in [5.41, 5.74) is 1.59. The third-order valence-corrected chi connectivity index (χ3v) is 3.36. The lowest BCUT2D eigenvalue weighted by Crippen LogP contribution is -2.33. The molecule has 0 bridgehead atoms. The van der Waals surface area contributed by atoms with Gasteiger partial charge in [0.15, 0.2) is 0 Å².